The topological polar surface area (TPSA) is 83.1 Å². The number of carbonyl (C=O) groups excluding carboxylic acids is 2. The third-order valence-corrected chi connectivity index (χ3v) is 5.27. The molecule has 0 radical (unpaired) electrons. The van der Waals surface area contributed by atoms with E-state index in [0.29, 0.717) is 35.1 Å². The van der Waals surface area contributed by atoms with Gasteiger partial charge in [-0.3, -0.25) is 4.79 Å². The van der Waals surface area contributed by atoms with Crippen LogP contribution in [0.3, 0.4) is 0 Å². The van der Waals surface area contributed by atoms with E-state index in [2.05, 4.69) is 5.32 Å². The van der Waals surface area contributed by atoms with Crippen molar-refractivity contribution in [3.63, 3.8) is 0 Å². The van der Waals surface area contributed by atoms with E-state index in [4.69, 9.17) is 18.9 Å². The van der Waals surface area contributed by atoms with Crippen LogP contribution in [-0.4, -0.2) is 45.4 Å². The Balaban J connectivity index is 1.80. The van der Waals surface area contributed by atoms with E-state index in [-0.39, 0.29) is 6.10 Å². The average Bonchev–Trinajstić information content (AvgIpc) is 3.43. The molecule has 2 unspecified atom stereocenters. The quantitative estimate of drug-likeness (QED) is 0.680. The Labute approximate surface area is 167 Å². The highest BCUT2D eigenvalue weighted by Gasteiger charge is 2.28. The number of amides is 1. The first-order valence-electron chi connectivity index (χ1n) is 8.98. The molecule has 1 amide bonds. The van der Waals surface area contributed by atoms with E-state index in [1.807, 2.05) is 0 Å². The molecular weight excluding hydrogens is 382 g/mol. The van der Waals surface area contributed by atoms with Crippen LogP contribution >= 0.6 is 11.3 Å². The van der Waals surface area contributed by atoms with E-state index < -0.39 is 18.0 Å². The fourth-order valence-electron chi connectivity index (χ4n) is 2.96. The van der Waals surface area contributed by atoms with Gasteiger partial charge in [0.2, 0.25) is 6.10 Å². The third kappa shape index (κ3) is 4.82. The predicted octanol–water partition coefficient (Wildman–Crippen LogP) is 2.96. The molecule has 1 aromatic heterocycles. The molecule has 0 bridgehead atoms. The van der Waals surface area contributed by atoms with Crippen LogP contribution in [0, 0.1) is 0 Å². The van der Waals surface area contributed by atoms with Crippen molar-refractivity contribution in [2.45, 2.75) is 25.0 Å². The monoisotopic (exact) mass is 405 g/mol. The summed E-state index contributed by atoms with van der Waals surface area (Å²) in [5.41, 5.74) is 0.493. The molecule has 0 saturated carbocycles. The van der Waals surface area contributed by atoms with E-state index in [9.17, 15) is 9.59 Å². The Kier molecular flexibility index (Phi) is 6.89. The lowest BCUT2D eigenvalue weighted by Gasteiger charge is -2.20. The zero-order valence-electron chi connectivity index (χ0n) is 15.8. The standard InChI is InChI=1S/C20H23NO6S/c1-24-15-8-7-13(11-16(15)25-2)18(27-20(23)17-6-4-10-28-17)19(22)21-12-14-5-3-9-26-14/h4,6-8,10-11,14,18H,3,5,9,12H2,1-2H3,(H,21,22). The first kappa shape index (κ1) is 20.2. The number of hydrogen-bond donors (Lipinski definition) is 1. The largest absolute Gasteiger partial charge is 0.493 e. The average molecular weight is 405 g/mol. The molecular formula is C20H23NO6S. The highest BCUT2D eigenvalue weighted by molar-refractivity contribution is 7.11. The van der Waals surface area contributed by atoms with Gasteiger partial charge < -0.3 is 24.3 Å². The van der Waals surface area contributed by atoms with Gasteiger partial charge in [-0.05, 0) is 36.4 Å². The van der Waals surface area contributed by atoms with Crippen LogP contribution in [0.1, 0.15) is 34.2 Å². The fourth-order valence-corrected chi connectivity index (χ4v) is 3.57. The Bertz CT molecular complexity index is 801. The molecule has 1 aliphatic heterocycles. The van der Waals surface area contributed by atoms with Crippen LogP contribution in [0.5, 0.6) is 11.5 Å². The Morgan fingerprint density at radius 2 is 2.07 bits per heavy atom. The maximum Gasteiger partial charge on any atom is 0.349 e. The number of thiophene rings is 1. The van der Waals surface area contributed by atoms with E-state index in [0.717, 1.165) is 12.8 Å². The lowest BCUT2D eigenvalue weighted by Crippen LogP contribution is -2.37. The van der Waals surface area contributed by atoms with Crippen LogP contribution in [0.15, 0.2) is 35.7 Å². The molecule has 2 heterocycles. The van der Waals surface area contributed by atoms with Gasteiger partial charge in [-0.1, -0.05) is 12.1 Å². The van der Waals surface area contributed by atoms with Gasteiger partial charge in [0.25, 0.3) is 5.91 Å². The van der Waals surface area contributed by atoms with Crippen molar-refractivity contribution in [3.05, 3.63) is 46.2 Å². The van der Waals surface area contributed by atoms with E-state index in [1.165, 1.54) is 25.6 Å². The summed E-state index contributed by atoms with van der Waals surface area (Å²) in [6.45, 7) is 1.08. The van der Waals surface area contributed by atoms with Gasteiger partial charge in [-0.25, -0.2) is 4.79 Å². The zero-order chi connectivity index (χ0) is 19.9. The summed E-state index contributed by atoms with van der Waals surface area (Å²) >= 11 is 1.26. The Hall–Kier alpha value is -2.58. The van der Waals surface area contributed by atoms with Crippen molar-refractivity contribution in [2.24, 2.45) is 0 Å². The Morgan fingerprint density at radius 1 is 1.25 bits per heavy atom. The summed E-state index contributed by atoms with van der Waals surface area (Å²) in [5.74, 6) is 0.00752. The predicted molar refractivity (Wildman–Crippen MR) is 104 cm³/mol. The molecule has 1 saturated heterocycles. The lowest BCUT2D eigenvalue weighted by atomic mass is 10.1. The molecule has 1 N–H and O–H groups in total. The number of hydrogen-bond acceptors (Lipinski definition) is 7. The number of methoxy groups -OCH3 is 2. The molecule has 7 nitrogen and oxygen atoms in total. The number of nitrogens with one attached hydrogen (secondary N) is 1. The first-order chi connectivity index (χ1) is 13.6. The van der Waals surface area contributed by atoms with Gasteiger partial charge in [-0.15, -0.1) is 11.3 Å². The minimum Gasteiger partial charge on any atom is -0.493 e. The maximum absolute atomic E-state index is 12.8. The summed E-state index contributed by atoms with van der Waals surface area (Å²) in [6, 6.07) is 8.40. The van der Waals surface area contributed by atoms with Gasteiger partial charge in [-0.2, -0.15) is 0 Å². The van der Waals surface area contributed by atoms with Crippen molar-refractivity contribution < 1.29 is 28.5 Å². The number of esters is 1. The second-order valence-corrected chi connectivity index (χ2v) is 7.20. The molecule has 2 atom stereocenters. The van der Waals surface area contributed by atoms with Crippen molar-refractivity contribution in [1.82, 2.24) is 5.32 Å². The molecule has 0 aliphatic carbocycles. The normalized spacial score (nSPS) is 17.0. The minimum atomic E-state index is -1.11. The molecule has 150 valence electrons. The second-order valence-electron chi connectivity index (χ2n) is 6.26. The molecule has 1 aliphatic rings. The molecule has 1 aromatic carbocycles. The van der Waals surface area contributed by atoms with E-state index in [1.54, 1.807) is 35.7 Å². The summed E-state index contributed by atoms with van der Waals surface area (Å²) in [4.78, 5) is 25.7. The summed E-state index contributed by atoms with van der Waals surface area (Å²) in [7, 11) is 3.03. The van der Waals surface area contributed by atoms with Crippen LogP contribution in [-0.2, 0) is 14.3 Å². The van der Waals surface area contributed by atoms with Crippen molar-refractivity contribution in [1.29, 1.82) is 0 Å². The van der Waals surface area contributed by atoms with Crippen LogP contribution in [0.4, 0.5) is 0 Å². The molecule has 28 heavy (non-hydrogen) atoms. The van der Waals surface area contributed by atoms with Gasteiger partial charge in [0.15, 0.2) is 11.5 Å². The molecule has 0 spiro atoms. The van der Waals surface area contributed by atoms with Crippen molar-refractivity contribution in [2.75, 3.05) is 27.4 Å². The Morgan fingerprint density at radius 3 is 2.71 bits per heavy atom. The molecule has 8 heteroatoms. The minimum absolute atomic E-state index is 0.0111. The highest BCUT2D eigenvalue weighted by atomic mass is 32.1. The fraction of sp³-hybridized carbons (Fsp3) is 0.400. The second kappa shape index (κ2) is 9.57. The first-order valence-corrected chi connectivity index (χ1v) is 9.86. The van der Waals surface area contributed by atoms with Crippen LogP contribution in [0.2, 0.25) is 0 Å². The number of rotatable bonds is 8. The third-order valence-electron chi connectivity index (χ3n) is 4.42. The van der Waals surface area contributed by atoms with Crippen LogP contribution < -0.4 is 14.8 Å². The lowest BCUT2D eigenvalue weighted by molar-refractivity contribution is -0.130. The van der Waals surface area contributed by atoms with Gasteiger partial charge in [0, 0.05) is 18.7 Å². The van der Waals surface area contributed by atoms with E-state index >= 15 is 0 Å². The number of benzene rings is 1. The van der Waals surface area contributed by atoms with Gasteiger partial charge in [0.05, 0.1) is 20.3 Å². The highest BCUT2D eigenvalue weighted by Crippen LogP contribution is 2.32. The van der Waals surface area contributed by atoms with Gasteiger partial charge in [0.1, 0.15) is 4.88 Å². The van der Waals surface area contributed by atoms with Crippen LogP contribution in [0.25, 0.3) is 0 Å². The zero-order valence-corrected chi connectivity index (χ0v) is 16.6. The maximum atomic E-state index is 12.8. The SMILES string of the molecule is COc1ccc(C(OC(=O)c2cccs2)C(=O)NCC2CCCO2)cc1OC. The van der Waals surface area contributed by atoms with Crippen molar-refractivity contribution in [3.8, 4) is 11.5 Å². The summed E-state index contributed by atoms with van der Waals surface area (Å²) in [6.07, 6.45) is 0.752. The summed E-state index contributed by atoms with van der Waals surface area (Å²) in [5, 5.41) is 4.61. The summed E-state index contributed by atoms with van der Waals surface area (Å²) < 4.78 is 21.6. The van der Waals surface area contributed by atoms with Crippen molar-refractivity contribution >= 4 is 23.2 Å². The molecule has 1 fully saturated rings. The number of carbonyl (C=O) groups is 2. The molecule has 3 rings (SSSR count). The smallest absolute Gasteiger partial charge is 0.349 e. The molecule has 2 aromatic rings. The number of ether oxygens (including phenoxy) is 4. The van der Waals surface area contributed by atoms with Gasteiger partial charge >= 0.3 is 5.97 Å².